The summed E-state index contributed by atoms with van der Waals surface area (Å²) in [6, 6.07) is 11.2. The standard InChI is InChI=1S/C19H19F3N4O/c20-19(21,22)16-5-6-24-18(13-16)26-9-7-25(8-10-26)11-12-27-17-4-2-1-3-15(17)14-23/h1-6,13H,7-12H2. The van der Waals surface area contributed by atoms with Crippen molar-refractivity contribution >= 4 is 5.82 Å². The van der Waals surface area contributed by atoms with E-state index in [4.69, 9.17) is 10.00 Å². The third-order valence-corrected chi connectivity index (χ3v) is 4.44. The fraction of sp³-hybridized carbons (Fsp3) is 0.368. The third kappa shape index (κ3) is 4.89. The van der Waals surface area contributed by atoms with Crippen LogP contribution in [0.15, 0.2) is 42.6 Å². The Balaban J connectivity index is 1.49. The number of piperazine rings is 1. The zero-order valence-electron chi connectivity index (χ0n) is 14.6. The van der Waals surface area contributed by atoms with E-state index < -0.39 is 11.7 Å². The van der Waals surface area contributed by atoms with Gasteiger partial charge in [0.15, 0.2) is 0 Å². The van der Waals surface area contributed by atoms with E-state index >= 15 is 0 Å². The summed E-state index contributed by atoms with van der Waals surface area (Å²) < 4.78 is 44.2. The number of rotatable bonds is 5. The molecule has 2 heterocycles. The second kappa shape index (κ2) is 8.27. The molecule has 0 atom stereocenters. The Morgan fingerprint density at radius 3 is 2.56 bits per heavy atom. The van der Waals surface area contributed by atoms with Crippen LogP contribution in [0.4, 0.5) is 19.0 Å². The molecule has 0 spiro atoms. The number of nitrogens with zero attached hydrogens (tertiary/aromatic N) is 4. The first-order valence-corrected chi connectivity index (χ1v) is 8.60. The Kier molecular flexibility index (Phi) is 5.81. The largest absolute Gasteiger partial charge is 0.491 e. The molecule has 5 nitrogen and oxygen atoms in total. The van der Waals surface area contributed by atoms with Gasteiger partial charge in [0.25, 0.3) is 0 Å². The number of nitriles is 1. The number of para-hydroxylation sites is 1. The normalized spacial score (nSPS) is 15.4. The van der Waals surface area contributed by atoms with Crippen LogP contribution in [-0.4, -0.2) is 49.2 Å². The van der Waals surface area contributed by atoms with Crippen LogP contribution in [-0.2, 0) is 6.18 Å². The van der Waals surface area contributed by atoms with Crippen molar-refractivity contribution in [3.8, 4) is 11.8 Å². The number of anilines is 1. The lowest BCUT2D eigenvalue weighted by atomic mass is 10.2. The third-order valence-electron chi connectivity index (χ3n) is 4.44. The average Bonchev–Trinajstić information content (AvgIpc) is 2.68. The Hall–Kier alpha value is -2.79. The van der Waals surface area contributed by atoms with E-state index in [0.29, 0.717) is 56.5 Å². The summed E-state index contributed by atoms with van der Waals surface area (Å²) in [7, 11) is 0. The summed E-state index contributed by atoms with van der Waals surface area (Å²) in [5, 5.41) is 9.05. The van der Waals surface area contributed by atoms with Gasteiger partial charge in [0.2, 0.25) is 0 Å². The Morgan fingerprint density at radius 2 is 1.85 bits per heavy atom. The summed E-state index contributed by atoms with van der Waals surface area (Å²) in [5.74, 6) is 0.912. The van der Waals surface area contributed by atoms with Gasteiger partial charge >= 0.3 is 6.18 Å². The van der Waals surface area contributed by atoms with Crippen LogP contribution in [0, 0.1) is 11.3 Å². The van der Waals surface area contributed by atoms with Crippen LogP contribution in [0.25, 0.3) is 0 Å². The van der Waals surface area contributed by atoms with Gasteiger partial charge in [-0.1, -0.05) is 12.1 Å². The molecule has 1 aromatic heterocycles. The summed E-state index contributed by atoms with van der Waals surface area (Å²) >= 11 is 0. The number of pyridine rings is 1. The average molecular weight is 376 g/mol. The zero-order chi connectivity index (χ0) is 19.3. The second-order valence-corrected chi connectivity index (χ2v) is 6.19. The fourth-order valence-electron chi connectivity index (χ4n) is 2.94. The molecule has 1 aliphatic rings. The monoisotopic (exact) mass is 376 g/mol. The van der Waals surface area contributed by atoms with E-state index in [-0.39, 0.29) is 0 Å². The summed E-state index contributed by atoms with van der Waals surface area (Å²) in [6.07, 6.45) is -3.17. The van der Waals surface area contributed by atoms with E-state index in [2.05, 4.69) is 16.0 Å². The number of benzene rings is 1. The molecule has 0 N–H and O–H groups in total. The van der Waals surface area contributed by atoms with Gasteiger partial charge in [-0.2, -0.15) is 18.4 Å². The molecule has 0 unspecified atom stereocenters. The summed E-state index contributed by atoms with van der Waals surface area (Å²) in [5.41, 5.74) is -0.183. The molecule has 8 heteroatoms. The predicted molar refractivity (Wildman–Crippen MR) is 94.5 cm³/mol. The molecule has 0 amide bonds. The molecular weight excluding hydrogens is 357 g/mol. The molecular formula is C19H19F3N4O. The van der Waals surface area contributed by atoms with Gasteiger partial charge in [-0.3, -0.25) is 4.90 Å². The van der Waals surface area contributed by atoms with E-state index in [1.165, 1.54) is 6.20 Å². The highest BCUT2D eigenvalue weighted by Crippen LogP contribution is 2.30. The summed E-state index contributed by atoms with van der Waals surface area (Å²) in [6.45, 7) is 3.75. The van der Waals surface area contributed by atoms with E-state index in [1.54, 1.807) is 18.2 Å². The molecule has 2 aromatic rings. The van der Waals surface area contributed by atoms with Crippen molar-refractivity contribution in [3.63, 3.8) is 0 Å². The zero-order valence-corrected chi connectivity index (χ0v) is 14.6. The molecule has 3 rings (SSSR count). The van der Waals surface area contributed by atoms with Gasteiger partial charge in [0, 0.05) is 38.9 Å². The minimum atomic E-state index is -4.36. The van der Waals surface area contributed by atoms with E-state index in [9.17, 15) is 13.2 Å². The molecule has 0 aliphatic carbocycles. The highest BCUT2D eigenvalue weighted by atomic mass is 19.4. The van der Waals surface area contributed by atoms with E-state index in [1.807, 2.05) is 11.0 Å². The van der Waals surface area contributed by atoms with Crippen LogP contribution in [0.5, 0.6) is 5.75 Å². The van der Waals surface area contributed by atoms with Crippen molar-refractivity contribution in [2.24, 2.45) is 0 Å². The molecule has 27 heavy (non-hydrogen) atoms. The van der Waals surface area contributed by atoms with Gasteiger partial charge in [-0.05, 0) is 24.3 Å². The van der Waals surface area contributed by atoms with Gasteiger partial charge in [0.1, 0.15) is 24.2 Å². The molecule has 1 aliphatic heterocycles. The van der Waals surface area contributed by atoms with Crippen LogP contribution in [0.3, 0.4) is 0 Å². The second-order valence-electron chi connectivity index (χ2n) is 6.19. The summed E-state index contributed by atoms with van der Waals surface area (Å²) in [4.78, 5) is 8.11. The molecule has 1 saturated heterocycles. The van der Waals surface area contributed by atoms with Crippen LogP contribution in [0.1, 0.15) is 11.1 Å². The first-order chi connectivity index (χ1) is 13.0. The highest BCUT2D eigenvalue weighted by Gasteiger charge is 2.31. The number of hydrogen-bond donors (Lipinski definition) is 0. The maximum Gasteiger partial charge on any atom is 0.416 e. The topological polar surface area (TPSA) is 52.4 Å². The number of halogens is 3. The minimum Gasteiger partial charge on any atom is -0.491 e. The number of hydrogen-bond acceptors (Lipinski definition) is 5. The lowest BCUT2D eigenvalue weighted by Gasteiger charge is -2.35. The molecule has 1 aromatic carbocycles. The SMILES string of the molecule is N#Cc1ccccc1OCCN1CCN(c2cc(C(F)(F)F)ccn2)CC1. The van der Waals surface area contributed by atoms with Crippen LogP contribution < -0.4 is 9.64 Å². The quantitative estimate of drug-likeness (QED) is 0.802. The van der Waals surface area contributed by atoms with Gasteiger partial charge < -0.3 is 9.64 Å². The fourth-order valence-corrected chi connectivity index (χ4v) is 2.94. The maximum atomic E-state index is 12.8. The Bertz CT molecular complexity index is 811. The molecule has 0 saturated carbocycles. The van der Waals surface area contributed by atoms with E-state index in [0.717, 1.165) is 12.1 Å². The number of aromatic nitrogens is 1. The molecule has 142 valence electrons. The van der Waals surface area contributed by atoms with Gasteiger partial charge in [-0.25, -0.2) is 4.98 Å². The predicted octanol–water partition coefficient (Wildman–Crippen LogP) is 3.17. The molecule has 0 radical (unpaired) electrons. The first-order valence-electron chi connectivity index (χ1n) is 8.60. The Morgan fingerprint density at radius 1 is 1.11 bits per heavy atom. The number of ether oxygens (including phenoxy) is 1. The number of alkyl halides is 3. The first kappa shape index (κ1) is 19.0. The van der Waals surface area contributed by atoms with Crippen molar-refractivity contribution in [3.05, 3.63) is 53.7 Å². The lowest BCUT2D eigenvalue weighted by molar-refractivity contribution is -0.137. The molecule has 0 bridgehead atoms. The van der Waals surface area contributed by atoms with Crippen molar-refractivity contribution in [2.75, 3.05) is 44.2 Å². The highest BCUT2D eigenvalue weighted by molar-refractivity contribution is 5.43. The minimum absolute atomic E-state index is 0.351. The van der Waals surface area contributed by atoms with Crippen molar-refractivity contribution in [2.45, 2.75) is 6.18 Å². The maximum absolute atomic E-state index is 12.8. The van der Waals surface area contributed by atoms with Crippen molar-refractivity contribution < 1.29 is 17.9 Å². The smallest absolute Gasteiger partial charge is 0.416 e. The van der Waals surface area contributed by atoms with Crippen LogP contribution in [0.2, 0.25) is 0 Å². The van der Waals surface area contributed by atoms with Crippen molar-refractivity contribution in [1.82, 2.24) is 9.88 Å². The van der Waals surface area contributed by atoms with Gasteiger partial charge in [-0.15, -0.1) is 0 Å². The Labute approximate surface area is 155 Å². The van der Waals surface area contributed by atoms with Gasteiger partial charge in [0.05, 0.1) is 11.1 Å². The van der Waals surface area contributed by atoms with Crippen molar-refractivity contribution in [1.29, 1.82) is 5.26 Å². The molecule has 1 fully saturated rings. The lowest BCUT2D eigenvalue weighted by Crippen LogP contribution is -2.47. The van der Waals surface area contributed by atoms with Crippen LogP contribution >= 0.6 is 0 Å².